The SMILES string of the molecule is CCOP(=O)(OCC)OC(C)n1cc(-c2cccc(C#N)c2)c2cc(-c3cc(NC(=O)C=CCN(C)C)cc(OC)c3)cnc21. The van der Waals surface area contributed by atoms with Crippen molar-refractivity contribution in [3.8, 4) is 34.1 Å². The topological polar surface area (TPSA) is 128 Å². The van der Waals surface area contributed by atoms with Crippen molar-refractivity contribution in [2.24, 2.45) is 0 Å². The third kappa shape index (κ3) is 8.45. The molecule has 0 radical (unpaired) electrons. The van der Waals surface area contributed by atoms with Crippen LogP contribution in [0.3, 0.4) is 0 Å². The molecule has 11 nitrogen and oxygen atoms in total. The highest BCUT2D eigenvalue weighted by Crippen LogP contribution is 2.52. The van der Waals surface area contributed by atoms with Gasteiger partial charge in [0.15, 0.2) is 0 Å². The Hall–Kier alpha value is -4.30. The number of hydrogen-bond donors (Lipinski definition) is 1. The summed E-state index contributed by atoms with van der Waals surface area (Å²) in [4.78, 5) is 19.3. The number of carbonyl (C=O) groups is 1. The van der Waals surface area contributed by atoms with Gasteiger partial charge in [0.05, 0.1) is 32.0 Å². The average molecular weight is 632 g/mol. The van der Waals surface area contributed by atoms with Crippen LogP contribution in [0.2, 0.25) is 0 Å². The number of nitrogens with zero attached hydrogens (tertiary/aromatic N) is 4. The summed E-state index contributed by atoms with van der Waals surface area (Å²) >= 11 is 0. The van der Waals surface area contributed by atoms with Crippen LogP contribution in [0.1, 0.15) is 32.6 Å². The van der Waals surface area contributed by atoms with Crippen LogP contribution in [0.25, 0.3) is 33.3 Å². The molecule has 45 heavy (non-hydrogen) atoms. The standard InChI is InChI=1S/C33H38N5O6P/c1-7-42-45(40,43-8-2)44-23(3)38-22-31(25-12-9-11-24(15-25)20-34)30-18-27(21-35-33(30)38)26-16-28(19-29(17-26)41-6)36-32(39)13-10-14-37(4)5/h9-13,15-19,21-23H,7-8,14H2,1-6H3,(H,36,39). The van der Waals surface area contributed by atoms with Crippen LogP contribution < -0.4 is 10.1 Å². The lowest BCUT2D eigenvalue weighted by molar-refractivity contribution is -0.111. The number of anilines is 1. The van der Waals surface area contributed by atoms with Gasteiger partial charge in [0.25, 0.3) is 0 Å². The molecule has 2 aromatic heterocycles. The van der Waals surface area contributed by atoms with Crippen molar-refractivity contribution < 1.29 is 27.7 Å². The molecular weight excluding hydrogens is 593 g/mol. The molecule has 0 saturated heterocycles. The number of ether oxygens (including phenoxy) is 1. The number of likely N-dealkylation sites (N-methyl/N-ethyl adjacent to an activating group) is 1. The van der Waals surface area contributed by atoms with Gasteiger partial charge in [-0.25, -0.2) is 9.55 Å². The maximum Gasteiger partial charge on any atom is 0.476 e. The number of benzene rings is 2. The lowest BCUT2D eigenvalue weighted by Crippen LogP contribution is -2.13. The molecule has 0 saturated carbocycles. The minimum Gasteiger partial charge on any atom is -0.497 e. The van der Waals surface area contributed by atoms with Gasteiger partial charge in [-0.3, -0.25) is 18.4 Å². The lowest BCUT2D eigenvalue weighted by atomic mass is 10.0. The first-order valence-corrected chi connectivity index (χ1v) is 16.0. The number of aromatic nitrogens is 2. The first-order chi connectivity index (χ1) is 21.6. The minimum atomic E-state index is -3.84. The van der Waals surface area contributed by atoms with E-state index in [0.29, 0.717) is 29.2 Å². The molecule has 1 amide bonds. The zero-order valence-electron chi connectivity index (χ0n) is 26.3. The molecule has 0 spiro atoms. The van der Waals surface area contributed by atoms with Gasteiger partial charge in [-0.15, -0.1) is 0 Å². The normalized spacial score (nSPS) is 12.5. The van der Waals surface area contributed by atoms with E-state index in [1.165, 1.54) is 6.08 Å². The number of nitrogens with one attached hydrogen (secondary N) is 1. The first-order valence-electron chi connectivity index (χ1n) is 14.5. The van der Waals surface area contributed by atoms with E-state index in [4.69, 9.17) is 23.3 Å². The second-order valence-corrected chi connectivity index (χ2v) is 12.0. The van der Waals surface area contributed by atoms with Crippen molar-refractivity contribution in [3.63, 3.8) is 0 Å². The smallest absolute Gasteiger partial charge is 0.476 e. The van der Waals surface area contributed by atoms with Crippen LogP contribution in [0.5, 0.6) is 5.75 Å². The summed E-state index contributed by atoms with van der Waals surface area (Å²) in [7, 11) is 1.58. The predicted octanol–water partition coefficient (Wildman–Crippen LogP) is 7.02. The Morgan fingerprint density at radius 2 is 1.87 bits per heavy atom. The average Bonchev–Trinajstić information content (AvgIpc) is 3.40. The molecule has 4 aromatic rings. The summed E-state index contributed by atoms with van der Waals surface area (Å²) in [5, 5.41) is 13.2. The molecule has 0 aliphatic rings. The van der Waals surface area contributed by atoms with Gasteiger partial charge in [-0.2, -0.15) is 5.26 Å². The van der Waals surface area contributed by atoms with Crippen LogP contribution in [-0.2, 0) is 22.9 Å². The second kappa shape index (κ2) is 15.1. The van der Waals surface area contributed by atoms with Crippen molar-refractivity contribution in [2.45, 2.75) is 27.0 Å². The quantitative estimate of drug-likeness (QED) is 0.115. The number of methoxy groups -OCH3 is 1. The molecule has 0 aliphatic heterocycles. The highest BCUT2D eigenvalue weighted by Gasteiger charge is 2.30. The summed E-state index contributed by atoms with van der Waals surface area (Å²) in [5.41, 5.74) is 4.74. The summed E-state index contributed by atoms with van der Waals surface area (Å²) in [6.07, 6.45) is 6.07. The molecule has 0 fully saturated rings. The highest BCUT2D eigenvalue weighted by molar-refractivity contribution is 7.48. The van der Waals surface area contributed by atoms with E-state index < -0.39 is 14.1 Å². The highest BCUT2D eigenvalue weighted by atomic mass is 31.2. The third-order valence-electron chi connectivity index (χ3n) is 6.70. The van der Waals surface area contributed by atoms with Gasteiger partial charge in [-0.1, -0.05) is 18.2 Å². The Kier molecular flexibility index (Phi) is 11.3. The number of pyridine rings is 1. The Bertz CT molecular complexity index is 1770. The van der Waals surface area contributed by atoms with Crippen molar-refractivity contribution in [3.05, 3.63) is 78.6 Å². The Labute approximate surface area is 263 Å². The van der Waals surface area contributed by atoms with Gasteiger partial charge >= 0.3 is 7.82 Å². The lowest BCUT2D eigenvalue weighted by Gasteiger charge is -2.22. The van der Waals surface area contributed by atoms with Crippen LogP contribution in [0, 0.1) is 11.3 Å². The van der Waals surface area contributed by atoms with Crippen LogP contribution in [0.15, 0.2) is 73.1 Å². The number of carbonyl (C=O) groups excluding carboxylic acids is 1. The fraction of sp³-hybridized carbons (Fsp3) is 0.303. The van der Waals surface area contributed by atoms with Gasteiger partial charge in [0.1, 0.15) is 17.6 Å². The molecule has 236 valence electrons. The molecule has 1 N–H and O–H groups in total. The number of rotatable bonds is 14. The van der Waals surface area contributed by atoms with E-state index in [0.717, 1.165) is 27.6 Å². The summed E-state index contributed by atoms with van der Waals surface area (Å²) in [6.45, 7) is 6.11. The van der Waals surface area contributed by atoms with E-state index in [-0.39, 0.29) is 19.1 Å². The maximum atomic E-state index is 13.2. The summed E-state index contributed by atoms with van der Waals surface area (Å²) < 4.78 is 37.1. The zero-order chi connectivity index (χ0) is 32.6. The number of nitriles is 1. The van der Waals surface area contributed by atoms with Crippen molar-refractivity contribution in [2.75, 3.05) is 46.3 Å². The fourth-order valence-electron chi connectivity index (χ4n) is 4.71. The predicted molar refractivity (Wildman–Crippen MR) is 175 cm³/mol. The number of phosphoric ester groups is 1. The molecule has 12 heteroatoms. The molecule has 0 bridgehead atoms. The fourth-order valence-corrected chi connectivity index (χ4v) is 6.02. The van der Waals surface area contributed by atoms with E-state index in [1.807, 2.05) is 55.5 Å². The third-order valence-corrected chi connectivity index (χ3v) is 8.42. The monoisotopic (exact) mass is 631 g/mol. The number of hydrogen-bond acceptors (Lipinski definition) is 9. The van der Waals surface area contributed by atoms with Crippen molar-refractivity contribution in [1.82, 2.24) is 14.5 Å². The molecular formula is C33H38N5O6P. The van der Waals surface area contributed by atoms with Gasteiger partial charge < -0.3 is 19.5 Å². The molecule has 2 aromatic carbocycles. The maximum absolute atomic E-state index is 13.2. The van der Waals surface area contributed by atoms with Gasteiger partial charge in [0.2, 0.25) is 5.91 Å². The molecule has 1 atom stereocenters. The summed E-state index contributed by atoms with van der Waals surface area (Å²) in [6, 6.07) is 16.9. The van der Waals surface area contributed by atoms with Crippen LogP contribution in [-0.4, -0.2) is 61.3 Å². The van der Waals surface area contributed by atoms with E-state index in [1.54, 1.807) is 62.9 Å². The Morgan fingerprint density at radius 1 is 1.11 bits per heavy atom. The van der Waals surface area contributed by atoms with E-state index >= 15 is 0 Å². The number of amides is 1. The zero-order valence-corrected chi connectivity index (χ0v) is 27.2. The largest absolute Gasteiger partial charge is 0.497 e. The Balaban J connectivity index is 1.81. The molecule has 0 aliphatic carbocycles. The van der Waals surface area contributed by atoms with E-state index in [9.17, 15) is 14.6 Å². The minimum absolute atomic E-state index is 0.152. The molecule has 1 unspecified atom stereocenters. The van der Waals surface area contributed by atoms with Gasteiger partial charge in [-0.05, 0) is 76.3 Å². The van der Waals surface area contributed by atoms with Crippen LogP contribution in [0.4, 0.5) is 5.69 Å². The first kappa shape index (κ1) is 33.6. The Morgan fingerprint density at radius 3 is 2.53 bits per heavy atom. The number of fused-ring (bicyclic) bond motifs is 1. The molecule has 2 heterocycles. The van der Waals surface area contributed by atoms with Gasteiger partial charge in [0, 0.05) is 53.3 Å². The van der Waals surface area contributed by atoms with Crippen molar-refractivity contribution >= 4 is 30.5 Å². The molecule has 4 rings (SSSR count). The van der Waals surface area contributed by atoms with Crippen molar-refractivity contribution in [1.29, 1.82) is 5.26 Å². The van der Waals surface area contributed by atoms with E-state index in [2.05, 4.69) is 11.4 Å². The second-order valence-electron chi connectivity index (χ2n) is 10.3. The summed E-state index contributed by atoms with van der Waals surface area (Å²) in [5.74, 6) is 0.302. The number of phosphoric acid groups is 1. The van der Waals surface area contributed by atoms with Crippen LogP contribution >= 0.6 is 7.82 Å².